The molecule has 220 valence electrons. The van der Waals surface area contributed by atoms with E-state index >= 15 is 0 Å². The van der Waals surface area contributed by atoms with Crippen LogP contribution < -0.4 is 27.4 Å². The largest absolute Gasteiger partial charge is 0.481 e. The zero-order valence-electron chi connectivity index (χ0n) is 22.3. The predicted molar refractivity (Wildman–Crippen MR) is 145 cm³/mol. The van der Waals surface area contributed by atoms with Crippen molar-refractivity contribution < 1.29 is 39.3 Å². The highest BCUT2D eigenvalue weighted by Crippen LogP contribution is 2.19. The molecule has 0 fully saturated rings. The third kappa shape index (κ3) is 9.63. The summed E-state index contributed by atoms with van der Waals surface area (Å²) in [6.07, 6.45) is 0.689. The molecule has 0 aliphatic carbocycles. The molecule has 2 rings (SSSR count). The molecule has 1 aromatic heterocycles. The molecular formula is C26H38N6O8. The number of nitrogens with two attached hydrogens (primary N) is 2. The van der Waals surface area contributed by atoms with E-state index in [1.807, 2.05) is 24.3 Å². The van der Waals surface area contributed by atoms with E-state index in [9.17, 15) is 34.2 Å². The van der Waals surface area contributed by atoms with Gasteiger partial charge in [-0.1, -0.05) is 18.2 Å². The number of H-pyrrole nitrogens is 1. The van der Waals surface area contributed by atoms with Gasteiger partial charge in [-0.15, -0.1) is 0 Å². The van der Waals surface area contributed by atoms with E-state index in [0.717, 1.165) is 10.9 Å². The number of carbonyl (C=O) groups excluding carboxylic acids is 3. The average molecular weight is 563 g/mol. The third-order valence-corrected chi connectivity index (χ3v) is 6.40. The Morgan fingerprint density at radius 1 is 0.900 bits per heavy atom. The summed E-state index contributed by atoms with van der Waals surface area (Å²) >= 11 is 0. The van der Waals surface area contributed by atoms with E-state index < -0.39 is 66.4 Å². The summed E-state index contributed by atoms with van der Waals surface area (Å²) < 4.78 is 0. The van der Waals surface area contributed by atoms with Crippen molar-refractivity contribution in [1.82, 2.24) is 20.9 Å². The lowest BCUT2D eigenvalue weighted by Gasteiger charge is -2.25. The molecule has 1 heterocycles. The number of nitrogens with one attached hydrogen (secondary N) is 4. The minimum atomic E-state index is -1.38. The Hall–Kier alpha value is -4.01. The second kappa shape index (κ2) is 15.5. The van der Waals surface area contributed by atoms with Gasteiger partial charge >= 0.3 is 11.9 Å². The number of aliphatic hydroxyl groups is 1. The van der Waals surface area contributed by atoms with Gasteiger partial charge in [0, 0.05) is 29.9 Å². The van der Waals surface area contributed by atoms with Crippen LogP contribution in [0.3, 0.4) is 0 Å². The normalized spacial score (nSPS) is 14.9. The zero-order valence-corrected chi connectivity index (χ0v) is 22.3. The van der Waals surface area contributed by atoms with Gasteiger partial charge in [0.2, 0.25) is 17.7 Å². The first kappa shape index (κ1) is 32.2. The highest BCUT2D eigenvalue weighted by molar-refractivity contribution is 5.94. The van der Waals surface area contributed by atoms with Crippen LogP contribution in [0.1, 0.15) is 44.6 Å². The van der Waals surface area contributed by atoms with Crippen molar-refractivity contribution in [3.63, 3.8) is 0 Å². The van der Waals surface area contributed by atoms with E-state index in [2.05, 4.69) is 20.9 Å². The first-order valence-electron chi connectivity index (χ1n) is 13.0. The molecule has 3 amide bonds. The van der Waals surface area contributed by atoms with Crippen LogP contribution in [-0.4, -0.2) is 86.8 Å². The van der Waals surface area contributed by atoms with E-state index in [1.54, 1.807) is 6.20 Å². The standard InChI is InChI=1S/C26H38N6O8/c1-14(33)22(28)25(38)31-19(9-10-21(34)35)24(37)30-18(8-4-5-11-27)23(36)32-20(26(39)40)12-15-13-29-17-7-3-2-6-16(15)17/h2-3,6-7,13-14,18-20,22,29,33H,4-5,8-12,27-28H2,1H3,(H,30,37)(H,31,38)(H,32,36)(H,34,35)(H,39,40). The first-order valence-corrected chi connectivity index (χ1v) is 13.0. The number of hydrogen-bond acceptors (Lipinski definition) is 8. The monoisotopic (exact) mass is 562 g/mol. The summed E-state index contributed by atoms with van der Waals surface area (Å²) in [5.74, 6) is -4.99. The van der Waals surface area contributed by atoms with Crippen LogP contribution in [0.4, 0.5) is 0 Å². The molecule has 0 spiro atoms. The quantitative estimate of drug-likeness (QED) is 0.106. The number of aliphatic carboxylic acids is 2. The molecule has 14 nitrogen and oxygen atoms in total. The molecule has 11 N–H and O–H groups in total. The predicted octanol–water partition coefficient (Wildman–Crippen LogP) is -1.05. The van der Waals surface area contributed by atoms with Gasteiger partial charge in [-0.2, -0.15) is 0 Å². The molecule has 0 radical (unpaired) electrons. The lowest BCUT2D eigenvalue weighted by molar-refractivity contribution is -0.142. The molecule has 0 saturated carbocycles. The number of carboxylic acid groups (broad SMARTS) is 2. The highest BCUT2D eigenvalue weighted by Gasteiger charge is 2.31. The summed E-state index contributed by atoms with van der Waals surface area (Å²) in [6, 6.07) is 2.05. The fourth-order valence-electron chi connectivity index (χ4n) is 4.05. The lowest BCUT2D eigenvalue weighted by atomic mass is 10.0. The van der Waals surface area contributed by atoms with Gasteiger partial charge in [0.15, 0.2) is 0 Å². The fraction of sp³-hybridized carbons (Fsp3) is 0.500. The number of aliphatic hydroxyl groups excluding tert-OH is 1. The molecule has 0 bridgehead atoms. The summed E-state index contributed by atoms with van der Waals surface area (Å²) in [4.78, 5) is 64.9. The van der Waals surface area contributed by atoms with Crippen LogP contribution in [0.15, 0.2) is 30.5 Å². The molecule has 40 heavy (non-hydrogen) atoms. The molecule has 0 aliphatic heterocycles. The van der Waals surface area contributed by atoms with E-state index in [4.69, 9.17) is 16.6 Å². The Morgan fingerprint density at radius 2 is 1.50 bits per heavy atom. The van der Waals surface area contributed by atoms with Crippen molar-refractivity contribution in [3.8, 4) is 0 Å². The molecule has 0 saturated heterocycles. The number of carbonyl (C=O) groups is 5. The molecule has 5 unspecified atom stereocenters. The first-order chi connectivity index (χ1) is 18.9. The van der Waals surface area contributed by atoms with Crippen molar-refractivity contribution >= 4 is 40.6 Å². The minimum absolute atomic E-state index is 0.0247. The second-order valence-corrected chi connectivity index (χ2v) is 9.57. The molecular weight excluding hydrogens is 524 g/mol. The average Bonchev–Trinajstić information content (AvgIpc) is 3.31. The Labute approximate surface area is 230 Å². The van der Waals surface area contributed by atoms with Gasteiger partial charge < -0.3 is 47.7 Å². The van der Waals surface area contributed by atoms with Crippen LogP contribution in [-0.2, 0) is 30.4 Å². The number of para-hydroxylation sites is 1. The number of hydrogen-bond donors (Lipinski definition) is 9. The van der Waals surface area contributed by atoms with Crippen LogP contribution in [0.2, 0.25) is 0 Å². The van der Waals surface area contributed by atoms with E-state index in [-0.39, 0.29) is 19.3 Å². The van der Waals surface area contributed by atoms with Gasteiger partial charge in [-0.3, -0.25) is 19.2 Å². The number of fused-ring (bicyclic) bond motifs is 1. The van der Waals surface area contributed by atoms with Crippen molar-refractivity contribution in [1.29, 1.82) is 0 Å². The van der Waals surface area contributed by atoms with Gasteiger partial charge in [0.05, 0.1) is 6.10 Å². The van der Waals surface area contributed by atoms with Gasteiger partial charge in [0.25, 0.3) is 0 Å². The SMILES string of the molecule is CC(O)C(N)C(=O)NC(CCC(=O)O)C(=O)NC(CCCCN)C(=O)NC(Cc1c[nH]c2ccccc12)C(=O)O. The number of aromatic nitrogens is 1. The van der Waals surface area contributed by atoms with Crippen molar-refractivity contribution in [2.45, 2.75) is 75.7 Å². The Morgan fingerprint density at radius 3 is 2.10 bits per heavy atom. The van der Waals surface area contributed by atoms with Gasteiger partial charge in [-0.25, -0.2) is 4.79 Å². The number of rotatable bonds is 17. The van der Waals surface area contributed by atoms with Crippen LogP contribution >= 0.6 is 0 Å². The molecule has 1 aromatic carbocycles. The minimum Gasteiger partial charge on any atom is -0.481 e. The summed E-state index contributed by atoms with van der Waals surface area (Å²) in [6.45, 7) is 1.61. The number of carboxylic acids is 2. The van der Waals surface area contributed by atoms with Crippen molar-refractivity contribution in [3.05, 3.63) is 36.0 Å². The molecule has 0 aliphatic rings. The molecule has 5 atom stereocenters. The Bertz CT molecular complexity index is 1180. The molecule has 2 aromatic rings. The van der Waals surface area contributed by atoms with E-state index in [0.29, 0.717) is 24.9 Å². The third-order valence-electron chi connectivity index (χ3n) is 6.40. The maximum atomic E-state index is 13.2. The summed E-state index contributed by atoms with van der Waals surface area (Å²) in [5.41, 5.74) is 12.7. The second-order valence-electron chi connectivity index (χ2n) is 9.57. The van der Waals surface area contributed by atoms with E-state index in [1.165, 1.54) is 6.92 Å². The fourth-order valence-corrected chi connectivity index (χ4v) is 4.05. The van der Waals surface area contributed by atoms with Crippen LogP contribution in [0.5, 0.6) is 0 Å². The maximum absolute atomic E-state index is 13.2. The number of aromatic amines is 1. The summed E-state index contributed by atoms with van der Waals surface area (Å²) in [5, 5.41) is 36.6. The summed E-state index contributed by atoms with van der Waals surface area (Å²) in [7, 11) is 0. The number of benzene rings is 1. The zero-order chi connectivity index (χ0) is 29.8. The highest BCUT2D eigenvalue weighted by atomic mass is 16.4. The van der Waals surface area contributed by atoms with Crippen LogP contribution in [0.25, 0.3) is 10.9 Å². The number of amides is 3. The van der Waals surface area contributed by atoms with Crippen LogP contribution in [0, 0.1) is 0 Å². The lowest BCUT2D eigenvalue weighted by Crippen LogP contribution is -2.58. The number of unbranched alkanes of at least 4 members (excludes halogenated alkanes) is 1. The Balaban J connectivity index is 2.20. The molecule has 14 heteroatoms. The smallest absolute Gasteiger partial charge is 0.326 e. The Kier molecular flexibility index (Phi) is 12.5. The topological polar surface area (TPSA) is 250 Å². The maximum Gasteiger partial charge on any atom is 0.326 e. The van der Waals surface area contributed by atoms with Crippen molar-refractivity contribution in [2.24, 2.45) is 11.5 Å². The van der Waals surface area contributed by atoms with Gasteiger partial charge in [0.1, 0.15) is 24.2 Å². The van der Waals surface area contributed by atoms with Crippen molar-refractivity contribution in [2.75, 3.05) is 6.54 Å². The van der Waals surface area contributed by atoms with Gasteiger partial charge in [-0.05, 0) is 50.8 Å².